The lowest BCUT2D eigenvalue weighted by molar-refractivity contribution is 0.103. The minimum Gasteiger partial charge on any atom is -0.477 e. The molecule has 158 valence electrons. The van der Waals surface area contributed by atoms with Crippen molar-refractivity contribution in [3.63, 3.8) is 0 Å². The van der Waals surface area contributed by atoms with Gasteiger partial charge in [0.05, 0.1) is 12.8 Å². The first-order chi connectivity index (χ1) is 13.8. The summed E-state index contributed by atoms with van der Waals surface area (Å²) in [4.78, 5) is 13.5. The lowest BCUT2D eigenvalue weighted by atomic mass is 9.92. The van der Waals surface area contributed by atoms with Gasteiger partial charge >= 0.3 is 0 Å². The normalized spacial score (nSPS) is 10.9. The number of rotatable bonds is 10. The quantitative estimate of drug-likeness (QED) is 0.313. The summed E-state index contributed by atoms with van der Waals surface area (Å²) in [6, 6.07) is 3.61. The van der Waals surface area contributed by atoms with Crippen LogP contribution in [0, 0.1) is 6.92 Å². The molecule has 0 saturated carbocycles. The highest BCUT2D eigenvalue weighted by molar-refractivity contribution is 6.32. The van der Waals surface area contributed by atoms with Gasteiger partial charge < -0.3 is 4.74 Å². The molecule has 5 heteroatoms. The minimum atomic E-state index is -0.0729. The molecule has 2 aromatic rings. The van der Waals surface area contributed by atoms with Crippen LogP contribution in [0.1, 0.15) is 87.4 Å². The summed E-state index contributed by atoms with van der Waals surface area (Å²) in [6.07, 6.45) is 5.66. The number of allylic oxidation sites excluding steroid dienone is 2. The van der Waals surface area contributed by atoms with E-state index in [4.69, 9.17) is 16.3 Å². The summed E-state index contributed by atoms with van der Waals surface area (Å²) in [5.41, 5.74) is 5.26. The molecule has 29 heavy (non-hydrogen) atoms. The molecular weight excluding hydrogens is 384 g/mol. The minimum absolute atomic E-state index is 0.0729. The van der Waals surface area contributed by atoms with Crippen molar-refractivity contribution < 1.29 is 9.53 Å². The van der Waals surface area contributed by atoms with Crippen LogP contribution < -0.4 is 4.74 Å². The molecule has 0 amide bonds. The predicted molar refractivity (Wildman–Crippen MR) is 121 cm³/mol. The van der Waals surface area contributed by atoms with Crippen LogP contribution in [0.15, 0.2) is 23.9 Å². The topological polar surface area (TPSA) is 44.1 Å². The van der Waals surface area contributed by atoms with Gasteiger partial charge in [0.15, 0.2) is 5.78 Å². The third kappa shape index (κ3) is 5.30. The third-order valence-electron chi connectivity index (χ3n) is 5.28. The molecule has 1 heterocycles. The Morgan fingerprint density at radius 3 is 2.41 bits per heavy atom. The van der Waals surface area contributed by atoms with Crippen molar-refractivity contribution in [2.45, 2.75) is 73.8 Å². The summed E-state index contributed by atoms with van der Waals surface area (Å²) in [6.45, 7) is 13.7. The van der Waals surface area contributed by atoms with Gasteiger partial charge in [-0.25, -0.2) is 4.68 Å². The van der Waals surface area contributed by atoms with Gasteiger partial charge in [0, 0.05) is 17.1 Å². The summed E-state index contributed by atoms with van der Waals surface area (Å²) < 4.78 is 7.83. The number of aryl methyl sites for hydroxylation is 1. The number of unbranched alkanes of at least 4 members (excludes halogenated alkanes) is 2. The number of benzene rings is 1. The van der Waals surface area contributed by atoms with Crippen LogP contribution in [-0.2, 0) is 6.54 Å². The first kappa shape index (κ1) is 23.2. The highest BCUT2D eigenvalue weighted by atomic mass is 35.5. The van der Waals surface area contributed by atoms with E-state index < -0.39 is 0 Å². The number of hydrogen-bond acceptors (Lipinski definition) is 3. The van der Waals surface area contributed by atoms with E-state index in [2.05, 4.69) is 32.8 Å². The molecule has 0 saturated heterocycles. The smallest absolute Gasteiger partial charge is 0.223 e. The second kappa shape index (κ2) is 10.6. The van der Waals surface area contributed by atoms with Crippen molar-refractivity contribution >= 4 is 23.0 Å². The van der Waals surface area contributed by atoms with Crippen LogP contribution >= 0.6 is 11.6 Å². The largest absolute Gasteiger partial charge is 0.477 e. The monoisotopic (exact) mass is 416 g/mol. The highest BCUT2D eigenvalue weighted by Gasteiger charge is 2.23. The molecule has 0 aliphatic heterocycles. The van der Waals surface area contributed by atoms with Crippen molar-refractivity contribution in [3.05, 3.63) is 51.2 Å². The predicted octanol–water partition coefficient (Wildman–Crippen LogP) is 6.87. The Hall–Kier alpha value is -2.07. The molecule has 0 aliphatic carbocycles. The van der Waals surface area contributed by atoms with Crippen molar-refractivity contribution in [2.24, 2.45) is 0 Å². The Labute approximate surface area is 179 Å². The molecule has 1 aromatic heterocycles. The van der Waals surface area contributed by atoms with E-state index in [0.29, 0.717) is 28.6 Å². The second-order valence-corrected chi connectivity index (χ2v) is 8.10. The Morgan fingerprint density at radius 2 is 1.79 bits per heavy atom. The van der Waals surface area contributed by atoms with Gasteiger partial charge in [0.25, 0.3) is 0 Å². The van der Waals surface area contributed by atoms with Crippen LogP contribution in [-0.4, -0.2) is 22.2 Å². The fourth-order valence-corrected chi connectivity index (χ4v) is 3.59. The number of aromatic nitrogens is 2. The van der Waals surface area contributed by atoms with Crippen LogP contribution in [0.2, 0.25) is 5.02 Å². The second-order valence-electron chi connectivity index (χ2n) is 7.69. The maximum absolute atomic E-state index is 13.5. The summed E-state index contributed by atoms with van der Waals surface area (Å²) in [5, 5.41) is 5.11. The molecule has 0 spiro atoms. The van der Waals surface area contributed by atoms with E-state index in [9.17, 15) is 4.79 Å². The zero-order chi connectivity index (χ0) is 21.6. The maximum Gasteiger partial charge on any atom is 0.223 e. The van der Waals surface area contributed by atoms with E-state index in [0.717, 1.165) is 48.9 Å². The molecule has 1 aromatic carbocycles. The van der Waals surface area contributed by atoms with Gasteiger partial charge in [-0.2, -0.15) is 5.10 Å². The molecular formula is C24H33ClN2O2. The zero-order valence-electron chi connectivity index (χ0n) is 18.6. The van der Waals surface area contributed by atoms with Gasteiger partial charge in [0.1, 0.15) is 5.56 Å². The van der Waals surface area contributed by atoms with E-state index in [1.54, 1.807) is 12.3 Å². The molecule has 4 nitrogen and oxygen atoms in total. The average Bonchev–Trinajstić information content (AvgIpc) is 3.08. The van der Waals surface area contributed by atoms with E-state index in [1.807, 2.05) is 24.6 Å². The number of ketones is 1. The molecule has 0 unspecified atom stereocenters. The van der Waals surface area contributed by atoms with Crippen molar-refractivity contribution in [3.8, 4) is 5.88 Å². The van der Waals surface area contributed by atoms with Crippen LogP contribution in [0.4, 0.5) is 0 Å². The molecule has 2 rings (SSSR count). The molecule has 0 radical (unpaired) electrons. The van der Waals surface area contributed by atoms with Gasteiger partial charge in [0.2, 0.25) is 5.88 Å². The summed E-state index contributed by atoms with van der Waals surface area (Å²) in [5.74, 6) is 0.503. The first-order valence-electron chi connectivity index (χ1n) is 10.5. The zero-order valence-corrected chi connectivity index (χ0v) is 19.3. The van der Waals surface area contributed by atoms with Crippen LogP contribution in [0.25, 0.3) is 5.57 Å². The number of carbonyl (C=O) groups excluding carboxylic acids is 1. The number of nitrogens with zero attached hydrogens (tertiary/aromatic N) is 2. The number of ether oxygens (including phenoxy) is 1. The Morgan fingerprint density at radius 1 is 1.10 bits per heavy atom. The van der Waals surface area contributed by atoms with Crippen molar-refractivity contribution in [1.29, 1.82) is 0 Å². The lowest BCUT2D eigenvalue weighted by Gasteiger charge is -2.15. The number of carbonyl (C=O) groups is 1. The Balaban J connectivity index is 2.50. The maximum atomic E-state index is 13.5. The molecule has 0 bridgehead atoms. The number of hydrogen-bond donors (Lipinski definition) is 0. The fraction of sp³-hybridized carbons (Fsp3) is 0.500. The van der Waals surface area contributed by atoms with Crippen molar-refractivity contribution in [1.82, 2.24) is 9.78 Å². The van der Waals surface area contributed by atoms with Gasteiger partial charge in [-0.15, -0.1) is 0 Å². The summed E-state index contributed by atoms with van der Waals surface area (Å²) in [7, 11) is 0. The van der Waals surface area contributed by atoms with E-state index in [1.165, 1.54) is 5.57 Å². The van der Waals surface area contributed by atoms with Crippen LogP contribution in [0.3, 0.4) is 0 Å². The highest BCUT2D eigenvalue weighted by Crippen LogP contribution is 2.33. The fourth-order valence-electron chi connectivity index (χ4n) is 3.24. The van der Waals surface area contributed by atoms with Gasteiger partial charge in [-0.05, 0) is 69.4 Å². The van der Waals surface area contributed by atoms with E-state index >= 15 is 0 Å². The van der Waals surface area contributed by atoms with Gasteiger partial charge in [-0.1, -0.05) is 43.9 Å². The Kier molecular flexibility index (Phi) is 8.51. The van der Waals surface area contributed by atoms with Gasteiger partial charge in [-0.3, -0.25) is 4.79 Å². The standard InChI is InChI=1S/C24H33ClN2O2/c1-7-9-13-27-24(29-14-10-8-2)20(15-26-27)23(28)19-11-12-21(25)22(18(19)6)17(5)16(3)4/h11-12,15H,7-10,13-14H2,1-6H3. The average molecular weight is 417 g/mol. The third-order valence-corrected chi connectivity index (χ3v) is 5.59. The van der Waals surface area contributed by atoms with E-state index in [-0.39, 0.29) is 5.78 Å². The molecule has 0 fully saturated rings. The molecule has 0 N–H and O–H groups in total. The number of halogens is 1. The lowest BCUT2D eigenvalue weighted by Crippen LogP contribution is -2.11. The molecule has 0 atom stereocenters. The molecule has 0 aliphatic rings. The Bertz CT molecular complexity index is 893. The summed E-state index contributed by atoms with van der Waals surface area (Å²) >= 11 is 6.48. The van der Waals surface area contributed by atoms with Crippen LogP contribution in [0.5, 0.6) is 5.88 Å². The SMILES string of the molecule is CCCCOc1c(C(=O)c2ccc(Cl)c(C(C)=C(C)C)c2C)cnn1CCCC. The van der Waals surface area contributed by atoms with Crippen molar-refractivity contribution in [2.75, 3.05) is 6.61 Å². The first-order valence-corrected chi connectivity index (χ1v) is 10.9.